The topological polar surface area (TPSA) is 110 Å². The summed E-state index contributed by atoms with van der Waals surface area (Å²) in [6.45, 7) is 1.78. The molecule has 0 aliphatic carbocycles. The van der Waals surface area contributed by atoms with Crippen molar-refractivity contribution in [1.29, 1.82) is 0 Å². The first-order valence-electron chi connectivity index (χ1n) is 5.82. The third-order valence-corrected chi connectivity index (χ3v) is 2.74. The van der Waals surface area contributed by atoms with Gasteiger partial charge in [-0.2, -0.15) is 5.10 Å². The number of amides is 1. The summed E-state index contributed by atoms with van der Waals surface area (Å²) in [4.78, 5) is 23.3. The number of carbonyl (C=O) groups excluding carboxylic acids is 2. The fourth-order valence-corrected chi connectivity index (χ4v) is 1.69. The predicted octanol–water partition coefficient (Wildman–Crippen LogP) is 1.34. The summed E-state index contributed by atoms with van der Waals surface area (Å²) in [6, 6.07) is 6.30. The van der Waals surface area contributed by atoms with Gasteiger partial charge >= 0.3 is 5.97 Å². The van der Waals surface area contributed by atoms with Crippen LogP contribution in [0.4, 0.5) is 11.5 Å². The zero-order valence-electron chi connectivity index (χ0n) is 11.1. The third-order valence-electron chi connectivity index (χ3n) is 2.74. The number of H-pyrrole nitrogens is 1. The minimum atomic E-state index is -0.424. The first-order chi connectivity index (χ1) is 9.51. The van der Waals surface area contributed by atoms with Gasteiger partial charge in [0.2, 0.25) is 0 Å². The van der Waals surface area contributed by atoms with E-state index in [-0.39, 0.29) is 17.4 Å². The van der Waals surface area contributed by atoms with E-state index in [1.807, 2.05) is 0 Å². The molecule has 2 aromatic rings. The minimum Gasteiger partial charge on any atom is -0.465 e. The molecule has 0 spiro atoms. The number of esters is 1. The van der Waals surface area contributed by atoms with E-state index in [2.05, 4.69) is 20.3 Å². The number of nitrogen functional groups attached to an aromatic ring is 1. The number of nitrogens with two attached hydrogens (primary N) is 1. The molecule has 2 rings (SSSR count). The van der Waals surface area contributed by atoms with Crippen molar-refractivity contribution >= 4 is 23.4 Å². The molecule has 4 N–H and O–H groups in total. The van der Waals surface area contributed by atoms with Crippen LogP contribution in [0.15, 0.2) is 24.3 Å². The standard InChI is InChI=1S/C13H14N4O3/c1-7-5-8(13(19)20-2)3-4-9(7)15-12(18)10-6-11(14)17-16-10/h3-6H,1-2H3,(H,15,18)(H3,14,16,17). The van der Waals surface area contributed by atoms with Gasteiger partial charge < -0.3 is 15.8 Å². The highest BCUT2D eigenvalue weighted by molar-refractivity contribution is 6.04. The lowest BCUT2D eigenvalue weighted by molar-refractivity contribution is 0.0600. The Bertz CT molecular complexity index is 663. The van der Waals surface area contributed by atoms with E-state index in [1.54, 1.807) is 25.1 Å². The molecule has 1 heterocycles. The van der Waals surface area contributed by atoms with Crippen LogP contribution >= 0.6 is 0 Å². The minimum absolute atomic E-state index is 0.243. The second kappa shape index (κ2) is 5.43. The van der Waals surface area contributed by atoms with E-state index in [9.17, 15) is 9.59 Å². The molecule has 20 heavy (non-hydrogen) atoms. The summed E-state index contributed by atoms with van der Waals surface area (Å²) < 4.78 is 4.63. The van der Waals surface area contributed by atoms with Crippen LogP contribution < -0.4 is 11.1 Å². The van der Waals surface area contributed by atoms with E-state index >= 15 is 0 Å². The van der Waals surface area contributed by atoms with Crippen LogP contribution in [0.5, 0.6) is 0 Å². The molecular formula is C13H14N4O3. The Hall–Kier alpha value is -2.83. The van der Waals surface area contributed by atoms with Crippen molar-refractivity contribution in [2.45, 2.75) is 6.92 Å². The first kappa shape index (κ1) is 13.6. The van der Waals surface area contributed by atoms with Crippen molar-refractivity contribution in [2.75, 3.05) is 18.2 Å². The number of nitrogens with zero attached hydrogens (tertiary/aromatic N) is 1. The summed E-state index contributed by atoms with van der Waals surface area (Å²) in [6.07, 6.45) is 0. The molecule has 104 valence electrons. The van der Waals surface area contributed by atoms with Crippen molar-refractivity contribution in [3.05, 3.63) is 41.1 Å². The average molecular weight is 274 g/mol. The summed E-state index contributed by atoms with van der Waals surface area (Å²) in [5, 5.41) is 8.91. The van der Waals surface area contributed by atoms with Gasteiger partial charge in [0.15, 0.2) is 0 Å². The highest BCUT2D eigenvalue weighted by atomic mass is 16.5. The summed E-state index contributed by atoms with van der Waals surface area (Å²) in [5.41, 5.74) is 7.46. The number of benzene rings is 1. The molecule has 0 bridgehead atoms. The number of nitrogens with one attached hydrogen (secondary N) is 2. The number of methoxy groups -OCH3 is 1. The molecule has 0 aliphatic heterocycles. The van der Waals surface area contributed by atoms with Crippen LogP contribution in [-0.4, -0.2) is 29.2 Å². The maximum Gasteiger partial charge on any atom is 0.337 e. The Kier molecular flexibility index (Phi) is 3.69. The van der Waals surface area contributed by atoms with E-state index in [1.165, 1.54) is 13.2 Å². The highest BCUT2D eigenvalue weighted by Gasteiger charge is 2.12. The molecule has 1 aromatic carbocycles. The van der Waals surface area contributed by atoms with Gasteiger partial charge in [-0.15, -0.1) is 0 Å². The zero-order valence-corrected chi connectivity index (χ0v) is 11.1. The third kappa shape index (κ3) is 2.77. The summed E-state index contributed by atoms with van der Waals surface area (Å²) >= 11 is 0. The zero-order chi connectivity index (χ0) is 14.7. The summed E-state index contributed by atoms with van der Waals surface area (Å²) in [7, 11) is 1.32. The van der Waals surface area contributed by atoms with Gasteiger partial charge in [-0.05, 0) is 30.7 Å². The van der Waals surface area contributed by atoms with Crippen LogP contribution in [0.3, 0.4) is 0 Å². The SMILES string of the molecule is COC(=O)c1ccc(NC(=O)c2cc(N)n[nH]2)c(C)c1. The average Bonchev–Trinajstić information content (AvgIpc) is 2.86. The number of aryl methyl sites for hydroxylation is 1. The van der Waals surface area contributed by atoms with E-state index < -0.39 is 5.97 Å². The molecule has 0 fully saturated rings. The van der Waals surface area contributed by atoms with Gasteiger partial charge in [0.05, 0.1) is 12.7 Å². The van der Waals surface area contributed by atoms with Crippen molar-refractivity contribution in [1.82, 2.24) is 10.2 Å². The molecular weight excluding hydrogens is 260 g/mol. The molecule has 0 radical (unpaired) electrons. The van der Waals surface area contributed by atoms with Crippen LogP contribution in [0.2, 0.25) is 0 Å². The van der Waals surface area contributed by atoms with Crippen LogP contribution in [0.1, 0.15) is 26.4 Å². The lowest BCUT2D eigenvalue weighted by Crippen LogP contribution is -2.13. The van der Waals surface area contributed by atoms with Gasteiger partial charge in [0, 0.05) is 11.8 Å². The smallest absolute Gasteiger partial charge is 0.337 e. The maximum absolute atomic E-state index is 11.9. The number of hydrogen-bond acceptors (Lipinski definition) is 5. The number of hydrogen-bond donors (Lipinski definition) is 3. The van der Waals surface area contributed by atoms with Gasteiger partial charge in [0.25, 0.3) is 5.91 Å². The Morgan fingerprint density at radius 1 is 1.35 bits per heavy atom. The molecule has 7 heteroatoms. The molecule has 0 saturated carbocycles. The number of carbonyl (C=O) groups is 2. The van der Waals surface area contributed by atoms with Crippen LogP contribution in [0, 0.1) is 6.92 Å². The predicted molar refractivity (Wildman–Crippen MR) is 73.5 cm³/mol. The molecule has 0 unspecified atom stereocenters. The van der Waals surface area contributed by atoms with E-state index in [0.717, 1.165) is 5.56 Å². The van der Waals surface area contributed by atoms with Gasteiger partial charge in [-0.3, -0.25) is 9.89 Å². The molecule has 1 aromatic heterocycles. The Balaban J connectivity index is 2.18. The Morgan fingerprint density at radius 2 is 2.10 bits per heavy atom. The van der Waals surface area contributed by atoms with E-state index in [0.29, 0.717) is 11.3 Å². The van der Waals surface area contributed by atoms with E-state index in [4.69, 9.17) is 5.73 Å². The first-order valence-corrected chi connectivity index (χ1v) is 5.82. The quantitative estimate of drug-likeness (QED) is 0.731. The highest BCUT2D eigenvalue weighted by Crippen LogP contribution is 2.18. The molecule has 0 saturated heterocycles. The second-order valence-electron chi connectivity index (χ2n) is 4.18. The lowest BCUT2D eigenvalue weighted by Gasteiger charge is -2.08. The van der Waals surface area contributed by atoms with Crippen molar-refractivity contribution in [3.63, 3.8) is 0 Å². The largest absolute Gasteiger partial charge is 0.465 e. The van der Waals surface area contributed by atoms with Crippen molar-refractivity contribution in [2.24, 2.45) is 0 Å². The number of anilines is 2. The molecule has 0 aliphatic rings. The van der Waals surface area contributed by atoms with Gasteiger partial charge in [0.1, 0.15) is 11.5 Å². The fraction of sp³-hybridized carbons (Fsp3) is 0.154. The van der Waals surface area contributed by atoms with Gasteiger partial charge in [-0.25, -0.2) is 4.79 Å². The fourth-order valence-electron chi connectivity index (χ4n) is 1.69. The molecule has 1 amide bonds. The molecule has 7 nitrogen and oxygen atoms in total. The van der Waals surface area contributed by atoms with Crippen molar-refractivity contribution in [3.8, 4) is 0 Å². The summed E-state index contributed by atoms with van der Waals surface area (Å²) in [5.74, 6) is -0.539. The monoisotopic (exact) mass is 274 g/mol. The van der Waals surface area contributed by atoms with Crippen LogP contribution in [0.25, 0.3) is 0 Å². The van der Waals surface area contributed by atoms with Gasteiger partial charge in [-0.1, -0.05) is 0 Å². The normalized spacial score (nSPS) is 10.1. The lowest BCUT2D eigenvalue weighted by atomic mass is 10.1. The number of rotatable bonds is 3. The Morgan fingerprint density at radius 3 is 2.65 bits per heavy atom. The molecule has 0 atom stereocenters. The maximum atomic E-state index is 11.9. The van der Waals surface area contributed by atoms with Crippen molar-refractivity contribution < 1.29 is 14.3 Å². The van der Waals surface area contributed by atoms with Crippen LogP contribution in [-0.2, 0) is 4.74 Å². The number of aromatic nitrogens is 2. The Labute approximate surface area is 115 Å². The number of ether oxygens (including phenoxy) is 1. The second-order valence-corrected chi connectivity index (χ2v) is 4.18. The number of aromatic amines is 1.